The molecule has 22 heavy (non-hydrogen) atoms. The Morgan fingerprint density at radius 1 is 1.36 bits per heavy atom. The molecule has 0 aliphatic rings. The summed E-state index contributed by atoms with van der Waals surface area (Å²) >= 11 is 1.52. The van der Waals surface area contributed by atoms with E-state index in [1.54, 1.807) is 32.6 Å². The van der Waals surface area contributed by atoms with Crippen LogP contribution in [0, 0.1) is 6.92 Å². The highest BCUT2D eigenvalue weighted by atomic mass is 32.1. The number of ether oxygens (including phenoxy) is 2. The van der Waals surface area contributed by atoms with Crippen LogP contribution in [0.2, 0.25) is 0 Å². The molecule has 2 rings (SSSR count). The van der Waals surface area contributed by atoms with Crippen molar-refractivity contribution >= 4 is 23.5 Å². The van der Waals surface area contributed by atoms with Crippen LogP contribution in [-0.4, -0.2) is 31.3 Å². The van der Waals surface area contributed by atoms with Gasteiger partial charge in [0.15, 0.2) is 11.5 Å². The van der Waals surface area contributed by atoms with Crippen LogP contribution in [0.4, 0.5) is 0 Å². The number of aromatic nitrogens is 1. The molecule has 1 amide bonds. The predicted octanol–water partition coefficient (Wildman–Crippen LogP) is 2.16. The molecule has 0 spiro atoms. The van der Waals surface area contributed by atoms with Crippen molar-refractivity contribution in [2.45, 2.75) is 13.3 Å². The van der Waals surface area contributed by atoms with Crippen LogP contribution >= 0.6 is 11.3 Å². The Hall–Kier alpha value is -2.41. The fraction of sp³-hybridized carbons (Fsp3) is 0.267. The maximum Gasteiger partial charge on any atom is 0.246 e. The molecule has 2 aromatic rings. The average molecular weight is 319 g/mol. The molecule has 0 bridgehead atoms. The second-order valence-electron chi connectivity index (χ2n) is 4.44. The van der Waals surface area contributed by atoms with Crippen molar-refractivity contribution in [3.63, 3.8) is 0 Å². The van der Waals surface area contributed by atoms with Crippen LogP contribution in [0.5, 0.6) is 11.5 Å². The minimum absolute atomic E-state index is 0.206. The van der Waals surface area contributed by atoms with Gasteiger partial charge in [0.25, 0.3) is 0 Å². The summed E-state index contributed by atoms with van der Waals surface area (Å²) in [6.07, 6.45) is 1.76. The van der Waals surface area contributed by atoms with Gasteiger partial charge in [-0.05, 0) is 30.7 Å². The number of carbonyl (C=O) groups is 1. The minimum Gasteiger partial charge on any atom is -0.493 e. The van der Waals surface area contributed by atoms with E-state index < -0.39 is 0 Å². The maximum absolute atomic E-state index is 11.7. The van der Waals surface area contributed by atoms with Crippen molar-refractivity contribution in [2.75, 3.05) is 14.2 Å². The van der Waals surface area contributed by atoms with Crippen molar-refractivity contribution < 1.29 is 14.3 Å². The van der Waals surface area contributed by atoms with Crippen molar-refractivity contribution in [1.82, 2.24) is 10.4 Å². The van der Waals surface area contributed by atoms with Crippen molar-refractivity contribution in [2.24, 2.45) is 5.10 Å². The third-order valence-electron chi connectivity index (χ3n) is 2.82. The molecular weight excluding hydrogens is 302 g/mol. The SMILES string of the molecule is COc1ccc(C=NNC(=O)Cc2csc(C)n2)cc1OC. The first-order chi connectivity index (χ1) is 10.6. The number of rotatable bonds is 6. The molecule has 1 aromatic carbocycles. The predicted molar refractivity (Wildman–Crippen MR) is 85.8 cm³/mol. The molecule has 0 saturated heterocycles. The van der Waals surface area contributed by atoms with Gasteiger partial charge < -0.3 is 9.47 Å². The molecular formula is C15H17N3O3S. The molecule has 0 unspecified atom stereocenters. The summed E-state index contributed by atoms with van der Waals surface area (Å²) < 4.78 is 10.4. The van der Waals surface area contributed by atoms with Crippen LogP contribution < -0.4 is 14.9 Å². The lowest BCUT2D eigenvalue weighted by molar-refractivity contribution is -0.120. The van der Waals surface area contributed by atoms with E-state index >= 15 is 0 Å². The summed E-state index contributed by atoms with van der Waals surface area (Å²) in [5.41, 5.74) is 4.02. The van der Waals surface area contributed by atoms with Crippen molar-refractivity contribution in [3.8, 4) is 11.5 Å². The Balaban J connectivity index is 1.93. The first kappa shape index (κ1) is 16.0. The van der Waals surface area contributed by atoms with Gasteiger partial charge in [-0.15, -0.1) is 11.3 Å². The number of methoxy groups -OCH3 is 2. The topological polar surface area (TPSA) is 72.8 Å². The zero-order valence-corrected chi connectivity index (χ0v) is 13.4. The monoisotopic (exact) mass is 319 g/mol. The third-order valence-corrected chi connectivity index (χ3v) is 3.64. The van der Waals surface area contributed by atoms with Crippen LogP contribution in [-0.2, 0) is 11.2 Å². The summed E-state index contributed by atoms with van der Waals surface area (Å²) in [6, 6.07) is 5.37. The molecule has 116 valence electrons. The first-order valence-corrected chi connectivity index (χ1v) is 7.45. The quantitative estimate of drug-likeness (QED) is 0.654. The second-order valence-corrected chi connectivity index (χ2v) is 5.50. The Labute approximate surface area is 132 Å². The van der Waals surface area contributed by atoms with Gasteiger partial charge in [-0.1, -0.05) is 0 Å². The number of thiazole rings is 1. The Bertz CT molecular complexity index is 682. The lowest BCUT2D eigenvalue weighted by Gasteiger charge is -2.07. The molecule has 1 N–H and O–H groups in total. The van der Waals surface area contributed by atoms with E-state index in [2.05, 4.69) is 15.5 Å². The number of benzene rings is 1. The van der Waals surface area contributed by atoms with E-state index in [0.717, 1.165) is 16.3 Å². The Morgan fingerprint density at radius 3 is 2.77 bits per heavy atom. The Morgan fingerprint density at radius 2 is 2.14 bits per heavy atom. The van der Waals surface area contributed by atoms with Gasteiger partial charge in [-0.3, -0.25) is 4.79 Å². The molecule has 7 heteroatoms. The summed E-state index contributed by atoms with van der Waals surface area (Å²) in [5, 5.41) is 6.74. The van der Waals surface area contributed by atoms with E-state index in [1.807, 2.05) is 18.4 Å². The average Bonchev–Trinajstić information content (AvgIpc) is 2.92. The third kappa shape index (κ3) is 4.29. The first-order valence-electron chi connectivity index (χ1n) is 6.57. The highest BCUT2D eigenvalue weighted by Gasteiger charge is 2.06. The minimum atomic E-state index is -0.206. The molecule has 1 heterocycles. The van der Waals surface area contributed by atoms with Crippen molar-refractivity contribution in [3.05, 3.63) is 39.8 Å². The summed E-state index contributed by atoms with van der Waals surface area (Å²) in [7, 11) is 3.14. The molecule has 0 aliphatic heterocycles. The van der Waals surface area contributed by atoms with Gasteiger partial charge in [-0.2, -0.15) is 5.10 Å². The van der Waals surface area contributed by atoms with E-state index in [9.17, 15) is 4.79 Å². The normalized spacial score (nSPS) is 10.7. The standard InChI is InChI=1S/C15H17N3O3S/c1-10-17-12(9-22-10)7-15(19)18-16-8-11-4-5-13(20-2)14(6-11)21-3/h4-6,8-9H,7H2,1-3H3,(H,18,19). The van der Waals surface area contributed by atoms with Crippen LogP contribution in [0.25, 0.3) is 0 Å². The van der Waals surface area contributed by atoms with E-state index in [4.69, 9.17) is 9.47 Å². The van der Waals surface area contributed by atoms with Gasteiger partial charge in [0.2, 0.25) is 5.91 Å². The highest BCUT2D eigenvalue weighted by molar-refractivity contribution is 7.09. The molecule has 0 radical (unpaired) electrons. The molecule has 6 nitrogen and oxygen atoms in total. The summed E-state index contributed by atoms with van der Waals surface area (Å²) in [4.78, 5) is 16.0. The maximum atomic E-state index is 11.7. The number of hydrazone groups is 1. The van der Waals surface area contributed by atoms with Crippen LogP contribution in [0.1, 0.15) is 16.3 Å². The number of carbonyl (C=O) groups excluding carboxylic acids is 1. The molecule has 1 aromatic heterocycles. The van der Waals surface area contributed by atoms with E-state index in [-0.39, 0.29) is 12.3 Å². The number of aryl methyl sites for hydroxylation is 1. The lowest BCUT2D eigenvalue weighted by Crippen LogP contribution is -2.19. The fourth-order valence-corrected chi connectivity index (χ4v) is 2.42. The molecule has 0 fully saturated rings. The fourth-order valence-electron chi connectivity index (χ4n) is 1.81. The zero-order valence-electron chi connectivity index (χ0n) is 12.6. The van der Waals surface area contributed by atoms with Gasteiger partial charge in [0.05, 0.1) is 37.6 Å². The highest BCUT2D eigenvalue weighted by Crippen LogP contribution is 2.26. The lowest BCUT2D eigenvalue weighted by atomic mass is 10.2. The van der Waals surface area contributed by atoms with Crippen molar-refractivity contribution in [1.29, 1.82) is 0 Å². The number of amides is 1. The smallest absolute Gasteiger partial charge is 0.246 e. The summed E-state index contributed by atoms with van der Waals surface area (Å²) in [5.74, 6) is 1.04. The number of hydrogen-bond acceptors (Lipinski definition) is 6. The molecule has 0 atom stereocenters. The van der Waals surface area contributed by atoms with Gasteiger partial charge in [0, 0.05) is 5.38 Å². The molecule has 0 saturated carbocycles. The number of hydrogen-bond donors (Lipinski definition) is 1. The van der Waals surface area contributed by atoms with E-state index in [1.165, 1.54) is 11.3 Å². The van der Waals surface area contributed by atoms with Gasteiger partial charge >= 0.3 is 0 Å². The number of nitrogens with one attached hydrogen (secondary N) is 1. The summed E-state index contributed by atoms with van der Waals surface area (Å²) in [6.45, 7) is 1.90. The van der Waals surface area contributed by atoms with Crippen LogP contribution in [0.3, 0.4) is 0 Å². The largest absolute Gasteiger partial charge is 0.493 e. The van der Waals surface area contributed by atoms with Crippen LogP contribution in [0.15, 0.2) is 28.7 Å². The zero-order chi connectivity index (χ0) is 15.9. The number of nitrogens with zero attached hydrogens (tertiary/aromatic N) is 2. The van der Waals surface area contributed by atoms with Gasteiger partial charge in [-0.25, -0.2) is 10.4 Å². The van der Waals surface area contributed by atoms with E-state index in [0.29, 0.717) is 11.5 Å². The molecule has 0 aliphatic carbocycles. The Kier molecular flexibility index (Phi) is 5.48. The second kappa shape index (κ2) is 7.56. The van der Waals surface area contributed by atoms with Gasteiger partial charge in [0.1, 0.15) is 0 Å².